The third-order valence-electron chi connectivity index (χ3n) is 3.47. The van der Waals surface area contributed by atoms with E-state index in [1.807, 2.05) is 0 Å². The molecule has 106 valence electrons. The van der Waals surface area contributed by atoms with Crippen molar-refractivity contribution < 1.29 is 9.47 Å². The number of hydrazine groups is 1. The van der Waals surface area contributed by atoms with Gasteiger partial charge >= 0.3 is 0 Å². The summed E-state index contributed by atoms with van der Waals surface area (Å²) in [5, 5.41) is 0. The molecular weight excluding hydrogens is 244 g/mol. The number of ether oxygens (including phenoxy) is 2. The third kappa shape index (κ3) is 3.86. The molecule has 1 saturated heterocycles. The fourth-order valence-electron chi connectivity index (χ4n) is 2.42. The van der Waals surface area contributed by atoms with Gasteiger partial charge in [0, 0.05) is 19.0 Å². The molecule has 0 radical (unpaired) electrons. The van der Waals surface area contributed by atoms with E-state index in [-0.39, 0.29) is 6.04 Å². The molecule has 0 saturated carbocycles. The first-order valence-electron chi connectivity index (χ1n) is 6.77. The highest BCUT2D eigenvalue weighted by molar-refractivity contribution is 5.20. The molecule has 0 aromatic carbocycles. The predicted molar refractivity (Wildman–Crippen MR) is 71.5 cm³/mol. The van der Waals surface area contributed by atoms with Crippen LogP contribution in [0.25, 0.3) is 0 Å². The van der Waals surface area contributed by atoms with Gasteiger partial charge in [-0.25, -0.2) is 4.98 Å². The Morgan fingerprint density at radius 2 is 2.32 bits per heavy atom. The second-order valence-corrected chi connectivity index (χ2v) is 4.74. The topological polar surface area (TPSA) is 82.3 Å². The summed E-state index contributed by atoms with van der Waals surface area (Å²) >= 11 is 0. The minimum Gasteiger partial charge on any atom is -0.480 e. The molecule has 1 aliphatic heterocycles. The number of nitrogens with one attached hydrogen (secondary N) is 1. The molecule has 2 rings (SSSR count). The number of aromatic nitrogens is 2. The normalized spacial score (nSPS) is 21.1. The first-order valence-corrected chi connectivity index (χ1v) is 6.77. The van der Waals surface area contributed by atoms with Crippen molar-refractivity contribution in [1.29, 1.82) is 0 Å². The number of nitrogens with two attached hydrogens (primary N) is 1. The van der Waals surface area contributed by atoms with Crippen LogP contribution >= 0.6 is 0 Å². The van der Waals surface area contributed by atoms with Crippen LogP contribution in [0.3, 0.4) is 0 Å². The van der Waals surface area contributed by atoms with E-state index in [0.717, 1.165) is 31.6 Å². The van der Waals surface area contributed by atoms with Gasteiger partial charge in [-0.15, -0.1) is 0 Å². The van der Waals surface area contributed by atoms with E-state index in [1.54, 1.807) is 19.5 Å². The molecule has 6 heteroatoms. The molecule has 2 unspecified atom stereocenters. The lowest BCUT2D eigenvalue weighted by molar-refractivity contribution is 0.00843. The Hall–Kier alpha value is -1.24. The molecular formula is C13H22N4O2. The number of hydrogen-bond acceptors (Lipinski definition) is 6. The van der Waals surface area contributed by atoms with Crippen LogP contribution in [-0.4, -0.2) is 29.8 Å². The average Bonchev–Trinajstić information content (AvgIpc) is 2.49. The lowest BCUT2D eigenvalue weighted by atomic mass is 10.0. The summed E-state index contributed by atoms with van der Waals surface area (Å²) in [4.78, 5) is 8.46. The molecule has 0 spiro atoms. The highest BCUT2D eigenvalue weighted by Crippen LogP contribution is 2.26. The zero-order chi connectivity index (χ0) is 13.5. The minimum atomic E-state index is -0.0609. The monoisotopic (exact) mass is 266 g/mol. The highest BCUT2D eigenvalue weighted by Gasteiger charge is 2.20. The summed E-state index contributed by atoms with van der Waals surface area (Å²) in [6.07, 6.45) is 8.98. The predicted octanol–water partition coefficient (Wildman–Crippen LogP) is 1.34. The van der Waals surface area contributed by atoms with Crippen molar-refractivity contribution in [3.63, 3.8) is 0 Å². The van der Waals surface area contributed by atoms with E-state index in [0.29, 0.717) is 12.0 Å². The second-order valence-electron chi connectivity index (χ2n) is 4.74. The van der Waals surface area contributed by atoms with E-state index in [1.165, 1.54) is 12.8 Å². The molecule has 0 amide bonds. The van der Waals surface area contributed by atoms with E-state index < -0.39 is 0 Å². The molecule has 1 aromatic heterocycles. The van der Waals surface area contributed by atoms with E-state index in [4.69, 9.17) is 15.3 Å². The Morgan fingerprint density at radius 3 is 3.00 bits per heavy atom. The van der Waals surface area contributed by atoms with Gasteiger partial charge in [-0.3, -0.25) is 16.3 Å². The van der Waals surface area contributed by atoms with E-state index in [9.17, 15) is 0 Å². The quantitative estimate of drug-likeness (QED) is 0.597. The van der Waals surface area contributed by atoms with Crippen molar-refractivity contribution in [2.45, 2.75) is 44.2 Å². The Balaban J connectivity index is 1.95. The van der Waals surface area contributed by atoms with E-state index in [2.05, 4.69) is 15.4 Å². The van der Waals surface area contributed by atoms with Crippen LogP contribution in [0, 0.1) is 0 Å². The van der Waals surface area contributed by atoms with Gasteiger partial charge in [0.25, 0.3) is 0 Å². The Morgan fingerprint density at radius 1 is 1.47 bits per heavy atom. The maximum absolute atomic E-state index is 5.73. The molecule has 19 heavy (non-hydrogen) atoms. The number of nitrogens with zero attached hydrogens (tertiary/aromatic N) is 2. The summed E-state index contributed by atoms with van der Waals surface area (Å²) in [5.74, 6) is 6.15. The Labute approximate surface area is 113 Å². The molecule has 6 nitrogen and oxygen atoms in total. The first kappa shape index (κ1) is 14.2. The molecule has 1 aliphatic rings. The third-order valence-corrected chi connectivity index (χ3v) is 3.47. The molecule has 2 heterocycles. The Bertz CT molecular complexity index is 383. The van der Waals surface area contributed by atoms with Crippen LogP contribution in [0.4, 0.5) is 0 Å². The van der Waals surface area contributed by atoms with Crippen LogP contribution in [0.15, 0.2) is 12.4 Å². The van der Waals surface area contributed by atoms with Crippen LogP contribution in [0.1, 0.15) is 43.8 Å². The summed E-state index contributed by atoms with van der Waals surface area (Å²) in [6.45, 7) is 0.875. The lowest BCUT2D eigenvalue weighted by Crippen LogP contribution is -2.30. The number of hydrogen-bond donors (Lipinski definition) is 2. The standard InChI is InChI=1S/C13H22N4O2/c1-18-13-12(15-7-8-16-13)11(17-14)6-5-10-4-2-3-9-19-10/h7-8,10-11,17H,2-6,9,14H2,1H3. The van der Waals surface area contributed by atoms with Crippen molar-refractivity contribution in [3.8, 4) is 5.88 Å². The molecule has 1 aromatic rings. The lowest BCUT2D eigenvalue weighted by Gasteiger charge is -2.24. The number of methoxy groups -OCH3 is 1. The van der Waals surface area contributed by atoms with Crippen molar-refractivity contribution in [3.05, 3.63) is 18.1 Å². The average molecular weight is 266 g/mol. The smallest absolute Gasteiger partial charge is 0.237 e. The van der Waals surface area contributed by atoms with Gasteiger partial charge in [0.2, 0.25) is 5.88 Å². The highest BCUT2D eigenvalue weighted by atomic mass is 16.5. The van der Waals surface area contributed by atoms with Crippen LogP contribution < -0.4 is 16.0 Å². The van der Waals surface area contributed by atoms with Crippen molar-refractivity contribution >= 4 is 0 Å². The summed E-state index contributed by atoms with van der Waals surface area (Å²) < 4.78 is 10.9. The molecule has 0 aliphatic carbocycles. The SMILES string of the molecule is COc1nccnc1C(CCC1CCCCO1)NN. The second kappa shape index (κ2) is 7.37. The Kier molecular flexibility index (Phi) is 5.50. The van der Waals surface area contributed by atoms with Crippen molar-refractivity contribution in [2.24, 2.45) is 5.84 Å². The van der Waals surface area contributed by atoms with Gasteiger partial charge in [0.05, 0.1) is 19.3 Å². The van der Waals surface area contributed by atoms with E-state index >= 15 is 0 Å². The maximum atomic E-state index is 5.73. The molecule has 0 bridgehead atoms. The zero-order valence-electron chi connectivity index (χ0n) is 11.3. The zero-order valence-corrected chi connectivity index (χ0v) is 11.3. The number of rotatable bonds is 6. The van der Waals surface area contributed by atoms with Gasteiger partial charge in [0.15, 0.2) is 0 Å². The van der Waals surface area contributed by atoms with Crippen LogP contribution in [0.2, 0.25) is 0 Å². The van der Waals surface area contributed by atoms with Gasteiger partial charge < -0.3 is 9.47 Å². The van der Waals surface area contributed by atoms with Crippen molar-refractivity contribution in [1.82, 2.24) is 15.4 Å². The summed E-state index contributed by atoms with van der Waals surface area (Å²) in [5.41, 5.74) is 3.55. The summed E-state index contributed by atoms with van der Waals surface area (Å²) in [6, 6.07) is -0.0609. The van der Waals surface area contributed by atoms with Gasteiger partial charge in [-0.05, 0) is 32.1 Å². The summed E-state index contributed by atoms with van der Waals surface area (Å²) in [7, 11) is 1.59. The fourth-order valence-corrected chi connectivity index (χ4v) is 2.42. The van der Waals surface area contributed by atoms with Crippen LogP contribution in [-0.2, 0) is 4.74 Å². The minimum absolute atomic E-state index is 0.0609. The molecule has 2 atom stereocenters. The van der Waals surface area contributed by atoms with Gasteiger partial charge in [-0.2, -0.15) is 0 Å². The first-order chi connectivity index (χ1) is 9.35. The largest absolute Gasteiger partial charge is 0.480 e. The maximum Gasteiger partial charge on any atom is 0.237 e. The van der Waals surface area contributed by atoms with Gasteiger partial charge in [-0.1, -0.05) is 0 Å². The van der Waals surface area contributed by atoms with Crippen LogP contribution in [0.5, 0.6) is 5.88 Å². The van der Waals surface area contributed by atoms with Crippen molar-refractivity contribution in [2.75, 3.05) is 13.7 Å². The fraction of sp³-hybridized carbons (Fsp3) is 0.692. The molecule has 1 fully saturated rings. The molecule has 3 N–H and O–H groups in total. The van der Waals surface area contributed by atoms with Gasteiger partial charge in [0.1, 0.15) is 5.69 Å².